The Bertz CT molecular complexity index is 484. The minimum Gasteiger partial charge on any atom is -0.380 e. The topological polar surface area (TPSA) is 67.4 Å². The summed E-state index contributed by atoms with van der Waals surface area (Å²) in [6, 6.07) is 3.53. The molecule has 0 unspecified atom stereocenters. The number of hydrogen-bond acceptors (Lipinski definition) is 5. The zero-order valence-electron chi connectivity index (χ0n) is 12.3. The van der Waals surface area contributed by atoms with E-state index in [-0.39, 0.29) is 0 Å². The van der Waals surface area contributed by atoms with Gasteiger partial charge in [0.2, 0.25) is 10.0 Å². The van der Waals surface area contributed by atoms with Gasteiger partial charge in [0.25, 0.3) is 0 Å². The van der Waals surface area contributed by atoms with Gasteiger partial charge in [0.15, 0.2) is 0 Å². The lowest BCUT2D eigenvalue weighted by molar-refractivity contribution is 0.114. The second kappa shape index (κ2) is 8.74. The molecule has 0 amide bonds. The van der Waals surface area contributed by atoms with Crippen molar-refractivity contribution in [1.82, 2.24) is 10.0 Å². The molecule has 1 rings (SSSR count). The lowest BCUT2D eigenvalue weighted by atomic mass is 10.2. The number of rotatable bonds is 10. The highest BCUT2D eigenvalue weighted by Crippen LogP contribution is 2.21. The zero-order chi connectivity index (χ0) is 15.0. The third kappa shape index (κ3) is 6.32. The van der Waals surface area contributed by atoms with E-state index in [9.17, 15) is 8.42 Å². The Morgan fingerprint density at radius 3 is 2.70 bits per heavy atom. The summed E-state index contributed by atoms with van der Waals surface area (Å²) in [6.07, 6.45) is 0.841. The van der Waals surface area contributed by atoms with Crippen molar-refractivity contribution < 1.29 is 13.2 Å². The minimum atomic E-state index is -3.40. The number of sulfonamides is 1. The van der Waals surface area contributed by atoms with Crippen LogP contribution in [0, 0.1) is 5.92 Å². The average Bonchev–Trinajstić information content (AvgIpc) is 2.85. The summed E-state index contributed by atoms with van der Waals surface area (Å²) in [5, 5.41) is 3.05. The van der Waals surface area contributed by atoms with Crippen molar-refractivity contribution in [2.45, 2.75) is 24.5 Å². The fraction of sp³-hybridized carbons (Fsp3) is 0.692. The average molecular weight is 320 g/mol. The van der Waals surface area contributed by atoms with E-state index in [1.54, 1.807) is 6.07 Å². The molecule has 0 atom stereocenters. The van der Waals surface area contributed by atoms with E-state index >= 15 is 0 Å². The first-order valence-corrected chi connectivity index (χ1v) is 9.06. The molecular formula is C13H24N2O3S2. The molecule has 0 spiro atoms. The number of ether oxygens (including phenoxy) is 1. The number of thiophene rings is 1. The maximum Gasteiger partial charge on any atom is 0.250 e. The third-order valence-corrected chi connectivity index (χ3v) is 5.61. The van der Waals surface area contributed by atoms with E-state index in [1.165, 1.54) is 11.3 Å². The first kappa shape index (κ1) is 17.6. The molecule has 7 heteroatoms. The Morgan fingerprint density at radius 1 is 1.30 bits per heavy atom. The standard InChI is InChI=1S/C13H24N2O3S2/c1-11(2)10-18-9-8-15-20(16,17)13-5-4-12(19-13)6-7-14-3/h4-5,11,14-15H,6-10H2,1-3H3. The van der Waals surface area contributed by atoms with Crippen molar-refractivity contribution in [3.63, 3.8) is 0 Å². The number of likely N-dealkylation sites (N-methyl/N-ethyl adjacent to an activating group) is 1. The molecule has 5 nitrogen and oxygen atoms in total. The van der Waals surface area contributed by atoms with Gasteiger partial charge in [-0.2, -0.15) is 0 Å². The summed E-state index contributed by atoms with van der Waals surface area (Å²) in [4.78, 5) is 1.07. The van der Waals surface area contributed by atoms with Gasteiger partial charge < -0.3 is 10.1 Å². The molecule has 20 heavy (non-hydrogen) atoms. The summed E-state index contributed by atoms with van der Waals surface area (Å²) >= 11 is 1.32. The first-order valence-electron chi connectivity index (χ1n) is 6.76. The van der Waals surface area contributed by atoms with Gasteiger partial charge in [-0.25, -0.2) is 13.1 Å². The van der Waals surface area contributed by atoms with Gasteiger partial charge in [-0.1, -0.05) is 13.8 Å². The molecule has 0 bridgehead atoms. The highest BCUT2D eigenvalue weighted by Gasteiger charge is 2.16. The molecule has 0 saturated carbocycles. The van der Waals surface area contributed by atoms with Crippen LogP contribution < -0.4 is 10.0 Å². The quantitative estimate of drug-likeness (QED) is 0.641. The largest absolute Gasteiger partial charge is 0.380 e. The molecule has 116 valence electrons. The second-order valence-corrected chi connectivity index (χ2v) is 8.10. The highest BCUT2D eigenvalue weighted by atomic mass is 32.2. The molecule has 0 aliphatic carbocycles. The van der Waals surface area contributed by atoms with Gasteiger partial charge in [-0.05, 0) is 38.1 Å². The normalized spacial score (nSPS) is 12.2. The van der Waals surface area contributed by atoms with Crippen LogP contribution in [0.15, 0.2) is 16.3 Å². The zero-order valence-corrected chi connectivity index (χ0v) is 13.9. The molecule has 0 aromatic carbocycles. The van der Waals surface area contributed by atoms with Gasteiger partial charge >= 0.3 is 0 Å². The molecule has 0 radical (unpaired) electrons. The maximum absolute atomic E-state index is 12.0. The fourth-order valence-electron chi connectivity index (χ4n) is 1.52. The Morgan fingerprint density at radius 2 is 2.05 bits per heavy atom. The van der Waals surface area contributed by atoms with Crippen molar-refractivity contribution in [1.29, 1.82) is 0 Å². The first-order chi connectivity index (χ1) is 9.45. The summed E-state index contributed by atoms with van der Waals surface area (Å²) in [7, 11) is -1.52. The van der Waals surface area contributed by atoms with Crippen LogP contribution in [-0.4, -0.2) is 41.8 Å². The van der Waals surface area contributed by atoms with Gasteiger partial charge in [0, 0.05) is 18.0 Å². The Balaban J connectivity index is 2.41. The van der Waals surface area contributed by atoms with Crippen LogP contribution in [0.5, 0.6) is 0 Å². The summed E-state index contributed by atoms with van der Waals surface area (Å²) in [6.45, 7) is 6.31. The van der Waals surface area contributed by atoms with Crippen LogP contribution >= 0.6 is 11.3 Å². The van der Waals surface area contributed by atoms with E-state index in [1.807, 2.05) is 13.1 Å². The highest BCUT2D eigenvalue weighted by molar-refractivity contribution is 7.91. The van der Waals surface area contributed by atoms with E-state index in [2.05, 4.69) is 23.9 Å². The predicted octanol–water partition coefficient (Wildman–Crippen LogP) is 1.46. The summed E-state index contributed by atoms with van der Waals surface area (Å²) < 4.78 is 32.4. The molecular weight excluding hydrogens is 296 g/mol. The summed E-state index contributed by atoms with van der Waals surface area (Å²) in [5.41, 5.74) is 0. The third-order valence-electron chi connectivity index (χ3n) is 2.51. The smallest absolute Gasteiger partial charge is 0.250 e. The fourth-order valence-corrected chi connectivity index (χ4v) is 3.94. The Kier molecular flexibility index (Phi) is 7.68. The van der Waals surface area contributed by atoms with Gasteiger partial charge in [-0.15, -0.1) is 11.3 Å². The van der Waals surface area contributed by atoms with Gasteiger partial charge in [0.1, 0.15) is 4.21 Å². The van der Waals surface area contributed by atoms with Gasteiger partial charge in [-0.3, -0.25) is 0 Å². The Labute approximate surface area is 125 Å². The van der Waals surface area contributed by atoms with Crippen LogP contribution in [0.3, 0.4) is 0 Å². The molecule has 0 fully saturated rings. The Hall–Kier alpha value is -0.470. The maximum atomic E-state index is 12.0. The molecule has 0 saturated heterocycles. The second-order valence-electron chi connectivity index (χ2n) is 4.94. The van der Waals surface area contributed by atoms with E-state index < -0.39 is 10.0 Å². The predicted molar refractivity (Wildman–Crippen MR) is 82.8 cm³/mol. The van der Waals surface area contributed by atoms with Gasteiger partial charge in [0.05, 0.1) is 6.61 Å². The van der Waals surface area contributed by atoms with Crippen molar-refractivity contribution in [2.75, 3.05) is 33.4 Å². The van der Waals surface area contributed by atoms with E-state index in [4.69, 9.17) is 4.74 Å². The molecule has 1 aromatic rings. The molecule has 1 heterocycles. The number of nitrogens with one attached hydrogen (secondary N) is 2. The van der Waals surface area contributed by atoms with Crippen molar-refractivity contribution in [2.24, 2.45) is 5.92 Å². The van der Waals surface area contributed by atoms with Crippen LogP contribution in [0.25, 0.3) is 0 Å². The van der Waals surface area contributed by atoms with Crippen molar-refractivity contribution in [3.8, 4) is 0 Å². The summed E-state index contributed by atoms with van der Waals surface area (Å²) in [5.74, 6) is 0.457. The molecule has 0 aliphatic heterocycles. The molecule has 1 aromatic heterocycles. The lowest BCUT2D eigenvalue weighted by Crippen LogP contribution is -2.27. The van der Waals surface area contributed by atoms with Crippen molar-refractivity contribution in [3.05, 3.63) is 17.0 Å². The lowest BCUT2D eigenvalue weighted by Gasteiger charge is -2.07. The van der Waals surface area contributed by atoms with Crippen LogP contribution in [0.2, 0.25) is 0 Å². The van der Waals surface area contributed by atoms with Crippen molar-refractivity contribution >= 4 is 21.4 Å². The van der Waals surface area contributed by atoms with Crippen LogP contribution in [0.1, 0.15) is 18.7 Å². The monoisotopic (exact) mass is 320 g/mol. The SMILES string of the molecule is CNCCc1ccc(S(=O)(=O)NCCOCC(C)C)s1. The van der Waals surface area contributed by atoms with Crippen LogP contribution in [0.4, 0.5) is 0 Å². The van der Waals surface area contributed by atoms with E-state index in [0.29, 0.717) is 29.9 Å². The number of hydrogen-bond donors (Lipinski definition) is 2. The minimum absolute atomic E-state index is 0.304. The molecule has 0 aliphatic rings. The van der Waals surface area contributed by atoms with E-state index in [0.717, 1.165) is 17.8 Å². The van der Waals surface area contributed by atoms with Crippen LogP contribution in [-0.2, 0) is 21.2 Å². The molecule has 2 N–H and O–H groups in total.